The normalized spacial score (nSPS) is 12.4. The van der Waals surface area contributed by atoms with Gasteiger partial charge in [-0.2, -0.15) is 0 Å². The number of aliphatic hydroxyl groups excluding tert-OH is 1. The molecular weight excluding hydrogens is 247 g/mol. The number of hydrogen-bond acceptors (Lipinski definition) is 5. The molecule has 0 aromatic rings. The van der Waals surface area contributed by atoms with Gasteiger partial charge in [0.05, 0.1) is 12.5 Å². The molecule has 7 heteroatoms. The Kier molecular flexibility index (Phi) is 19.1. The minimum absolute atomic E-state index is 0.246. The molecule has 2 atom stereocenters. The number of carbonyl (C=O) groups excluding carboxylic acids is 1. The highest BCUT2D eigenvalue weighted by atomic mass is 16.4. The topological polar surface area (TPSA) is 102 Å². The molecule has 116 valence electrons. The zero-order chi connectivity index (χ0) is 16.0. The highest BCUT2D eigenvalue weighted by Crippen LogP contribution is 1.91. The third-order valence-electron chi connectivity index (χ3n) is 1.53. The fraction of sp³-hybridized carbons (Fsp3) is 0.917. The maximum Gasteiger partial charge on any atom is 0.472 e. The first kappa shape index (κ1) is 23.5. The summed E-state index contributed by atoms with van der Waals surface area (Å²) in [5.74, 6) is 0.366. The molecule has 0 heterocycles. The molecule has 0 fully saturated rings. The maximum absolute atomic E-state index is 11.2. The lowest BCUT2D eigenvalue weighted by Gasteiger charge is -2.18. The Morgan fingerprint density at radius 2 is 1.53 bits per heavy atom. The average molecular weight is 278 g/mol. The van der Waals surface area contributed by atoms with E-state index < -0.39 is 25.2 Å². The van der Waals surface area contributed by atoms with Crippen LogP contribution in [0, 0.1) is 5.92 Å². The molecule has 1 amide bonds. The van der Waals surface area contributed by atoms with Crippen LogP contribution in [0.3, 0.4) is 0 Å². The van der Waals surface area contributed by atoms with E-state index in [0.717, 1.165) is 5.92 Å². The predicted octanol–water partition coefficient (Wildman–Crippen LogP) is -0.228. The Hall–Kier alpha value is -0.625. The van der Waals surface area contributed by atoms with Crippen LogP contribution >= 0.6 is 0 Å². The van der Waals surface area contributed by atoms with Gasteiger partial charge in [0.2, 0.25) is 5.91 Å². The van der Waals surface area contributed by atoms with Gasteiger partial charge in [-0.25, -0.2) is 0 Å². The van der Waals surface area contributed by atoms with E-state index >= 15 is 0 Å². The average Bonchev–Trinajstić information content (AvgIpc) is 2.28. The largest absolute Gasteiger partial charge is 0.472 e. The molecule has 0 aromatic heterocycles. The van der Waals surface area contributed by atoms with Gasteiger partial charge in [-0.1, -0.05) is 34.6 Å². The summed E-state index contributed by atoms with van der Waals surface area (Å²) in [6.45, 7) is 12.0. The van der Waals surface area contributed by atoms with E-state index in [4.69, 9.17) is 15.2 Å². The minimum atomic E-state index is -1.57. The van der Waals surface area contributed by atoms with Gasteiger partial charge < -0.3 is 25.8 Å². The van der Waals surface area contributed by atoms with E-state index in [1.165, 1.54) is 14.0 Å². The van der Waals surface area contributed by atoms with Crippen LogP contribution < -0.4 is 10.6 Å². The molecule has 0 aromatic carbocycles. The summed E-state index contributed by atoms with van der Waals surface area (Å²) in [7, 11) is -0.0396. The summed E-state index contributed by atoms with van der Waals surface area (Å²) >= 11 is 0. The third kappa shape index (κ3) is 19.9. The summed E-state index contributed by atoms with van der Waals surface area (Å²) in [6, 6.07) is -0.737. The van der Waals surface area contributed by atoms with Crippen molar-refractivity contribution in [2.75, 3.05) is 13.5 Å². The second-order valence-electron chi connectivity index (χ2n) is 4.46. The number of likely N-dealkylation sites (N-methyl/N-ethyl adjacent to an activating group) is 1. The lowest BCUT2D eigenvalue weighted by atomic mass is 9.92. The van der Waals surface area contributed by atoms with Crippen molar-refractivity contribution in [2.24, 2.45) is 5.92 Å². The van der Waals surface area contributed by atoms with Crippen molar-refractivity contribution in [3.8, 4) is 0 Å². The lowest BCUT2D eigenvalue weighted by Crippen LogP contribution is -2.51. The predicted molar refractivity (Wildman–Crippen MR) is 79.6 cm³/mol. The van der Waals surface area contributed by atoms with Crippen LogP contribution in [-0.4, -0.2) is 53.8 Å². The number of rotatable bonds is 5. The molecule has 0 saturated carbocycles. The fourth-order valence-corrected chi connectivity index (χ4v) is 0.893. The molecule has 0 bridgehead atoms. The highest BCUT2D eigenvalue weighted by molar-refractivity contribution is 6.41. The lowest BCUT2D eigenvalue weighted by molar-refractivity contribution is -0.125. The van der Waals surface area contributed by atoms with E-state index in [2.05, 4.69) is 31.4 Å². The Morgan fingerprint density at radius 1 is 1.16 bits per heavy atom. The molecule has 2 unspecified atom stereocenters. The first-order valence-electron chi connectivity index (χ1n) is 6.71. The van der Waals surface area contributed by atoms with Crippen LogP contribution in [-0.2, 0) is 4.79 Å². The molecule has 0 rings (SSSR count). The second kappa shape index (κ2) is 15.4. The SMILES string of the molecule is CC.CC(C)C.CNC(C(=O)NCB(O)O)C(C)O. The minimum Gasteiger partial charge on any atom is -0.426 e. The monoisotopic (exact) mass is 278 g/mol. The fourth-order valence-electron chi connectivity index (χ4n) is 0.893. The zero-order valence-electron chi connectivity index (χ0n) is 13.3. The van der Waals surface area contributed by atoms with Crippen molar-refractivity contribution in [1.82, 2.24) is 10.6 Å². The number of aliphatic hydroxyl groups is 1. The van der Waals surface area contributed by atoms with Gasteiger partial charge in [0.25, 0.3) is 0 Å². The van der Waals surface area contributed by atoms with Gasteiger partial charge in [-0.15, -0.1) is 0 Å². The molecule has 19 heavy (non-hydrogen) atoms. The molecule has 0 aliphatic carbocycles. The molecule has 0 aliphatic rings. The molecule has 6 nitrogen and oxygen atoms in total. The first-order valence-corrected chi connectivity index (χ1v) is 6.71. The van der Waals surface area contributed by atoms with Gasteiger partial charge in [0, 0.05) is 0 Å². The van der Waals surface area contributed by atoms with Crippen molar-refractivity contribution in [2.45, 2.75) is 53.7 Å². The molecular formula is C12H31BN2O4. The zero-order valence-corrected chi connectivity index (χ0v) is 13.3. The van der Waals surface area contributed by atoms with Crippen LogP contribution in [0.2, 0.25) is 0 Å². The second-order valence-corrected chi connectivity index (χ2v) is 4.46. The Bertz CT molecular complexity index is 199. The quantitative estimate of drug-likeness (QED) is 0.447. The van der Waals surface area contributed by atoms with Gasteiger partial charge in [-0.3, -0.25) is 4.79 Å². The van der Waals surface area contributed by atoms with E-state index in [9.17, 15) is 4.79 Å². The molecule has 0 saturated heterocycles. The number of amides is 1. The summed E-state index contributed by atoms with van der Waals surface area (Å²) in [4.78, 5) is 11.2. The van der Waals surface area contributed by atoms with Crippen molar-refractivity contribution < 1.29 is 19.9 Å². The molecule has 0 radical (unpaired) electrons. The third-order valence-corrected chi connectivity index (χ3v) is 1.53. The van der Waals surface area contributed by atoms with E-state index in [1.807, 2.05) is 13.8 Å². The van der Waals surface area contributed by atoms with Crippen LogP contribution in [0.25, 0.3) is 0 Å². The molecule has 5 N–H and O–H groups in total. The van der Waals surface area contributed by atoms with Crippen LogP contribution in [0.5, 0.6) is 0 Å². The summed E-state index contributed by atoms with van der Waals surface area (Å²) in [5.41, 5.74) is 0. The summed E-state index contributed by atoms with van der Waals surface area (Å²) in [5, 5.41) is 30.9. The number of hydrogen-bond donors (Lipinski definition) is 5. The number of carbonyl (C=O) groups is 1. The smallest absolute Gasteiger partial charge is 0.426 e. The van der Waals surface area contributed by atoms with Crippen molar-refractivity contribution in [1.29, 1.82) is 0 Å². The van der Waals surface area contributed by atoms with Crippen molar-refractivity contribution in [3.63, 3.8) is 0 Å². The molecule has 0 aliphatic heterocycles. The summed E-state index contributed by atoms with van der Waals surface area (Å²) in [6.07, 6.45) is -1.08. The van der Waals surface area contributed by atoms with E-state index in [1.54, 1.807) is 0 Å². The van der Waals surface area contributed by atoms with Crippen molar-refractivity contribution in [3.05, 3.63) is 0 Å². The van der Waals surface area contributed by atoms with Gasteiger partial charge in [-0.05, 0) is 19.9 Å². The number of nitrogens with one attached hydrogen (secondary N) is 2. The van der Waals surface area contributed by atoms with Gasteiger partial charge in [0.15, 0.2) is 0 Å². The van der Waals surface area contributed by atoms with Crippen LogP contribution in [0.1, 0.15) is 41.5 Å². The Labute approximate surface area is 117 Å². The van der Waals surface area contributed by atoms with E-state index in [0.29, 0.717) is 0 Å². The maximum atomic E-state index is 11.2. The summed E-state index contributed by atoms with van der Waals surface area (Å²) < 4.78 is 0. The van der Waals surface area contributed by atoms with Crippen LogP contribution in [0.15, 0.2) is 0 Å². The van der Waals surface area contributed by atoms with Crippen molar-refractivity contribution >= 4 is 13.0 Å². The standard InChI is InChI=1S/C6H15BN2O4.C4H10.C2H6/c1-4(10)5(8-2)6(11)9-3-7(12)13;1-4(2)3;1-2/h4-5,8,10,12-13H,3H2,1-2H3,(H,9,11);4H,1-3H3;1-2H3. The Morgan fingerprint density at radius 3 is 1.74 bits per heavy atom. The first-order chi connectivity index (χ1) is 8.72. The highest BCUT2D eigenvalue weighted by Gasteiger charge is 2.22. The van der Waals surface area contributed by atoms with Gasteiger partial charge >= 0.3 is 7.12 Å². The molecule has 0 spiro atoms. The Balaban J connectivity index is -0.000000361. The van der Waals surface area contributed by atoms with E-state index in [-0.39, 0.29) is 6.44 Å². The van der Waals surface area contributed by atoms with Gasteiger partial charge in [0.1, 0.15) is 6.04 Å². The van der Waals surface area contributed by atoms with Crippen LogP contribution in [0.4, 0.5) is 0 Å².